The lowest BCUT2D eigenvalue weighted by molar-refractivity contribution is -0.138. The van der Waals surface area contributed by atoms with Crippen molar-refractivity contribution in [1.29, 1.82) is 10.5 Å². The summed E-state index contributed by atoms with van der Waals surface area (Å²) in [5, 5.41) is 18.9. The number of nitrogens with zero attached hydrogens (tertiary/aromatic N) is 2. The average molecular weight is 419 g/mol. The van der Waals surface area contributed by atoms with Crippen LogP contribution < -0.4 is 0 Å². The zero-order chi connectivity index (χ0) is 20.8. The standard InChI is InChI=1S/C23H18N2O2S2/c1-15(2)23(26)27-10-5-11-28-17-8-9-19-21(12-17)29-20-7-4-3-6-18(20)22(19)16(13-24)14-25/h3-4,6-9,12H,1,5,10-11H2,2H3. The van der Waals surface area contributed by atoms with Gasteiger partial charge in [0.05, 0.1) is 6.61 Å². The minimum absolute atomic E-state index is 0.124. The molecule has 0 atom stereocenters. The molecule has 0 aliphatic carbocycles. The Morgan fingerprint density at radius 3 is 2.59 bits per heavy atom. The van der Waals surface area contributed by atoms with Crippen LogP contribution in [-0.4, -0.2) is 18.3 Å². The topological polar surface area (TPSA) is 73.9 Å². The molecule has 0 unspecified atom stereocenters. The summed E-state index contributed by atoms with van der Waals surface area (Å²) in [6, 6.07) is 18.0. The van der Waals surface area contributed by atoms with Gasteiger partial charge in [-0.15, -0.1) is 11.8 Å². The van der Waals surface area contributed by atoms with Crippen molar-refractivity contribution in [2.75, 3.05) is 12.4 Å². The number of carbonyl (C=O) groups excluding carboxylic acids is 1. The van der Waals surface area contributed by atoms with E-state index >= 15 is 0 Å². The molecule has 4 nitrogen and oxygen atoms in total. The molecule has 1 heterocycles. The second kappa shape index (κ2) is 9.52. The van der Waals surface area contributed by atoms with Crippen molar-refractivity contribution in [3.63, 3.8) is 0 Å². The highest BCUT2D eigenvalue weighted by Gasteiger charge is 2.24. The van der Waals surface area contributed by atoms with E-state index in [1.54, 1.807) is 30.4 Å². The monoisotopic (exact) mass is 418 g/mol. The third-order valence-corrected chi connectivity index (χ3v) is 6.43. The van der Waals surface area contributed by atoms with Crippen molar-refractivity contribution in [3.8, 4) is 12.1 Å². The number of allylic oxidation sites excluding steroid dienone is 1. The van der Waals surface area contributed by atoms with Crippen LogP contribution in [0.3, 0.4) is 0 Å². The molecule has 0 fully saturated rings. The maximum Gasteiger partial charge on any atom is 0.333 e. The lowest BCUT2D eigenvalue weighted by Crippen LogP contribution is -2.06. The molecule has 0 aromatic heterocycles. The summed E-state index contributed by atoms with van der Waals surface area (Å²) >= 11 is 3.33. The molecule has 1 aliphatic heterocycles. The Kier molecular flexibility index (Phi) is 6.82. The van der Waals surface area contributed by atoms with Gasteiger partial charge in [0.25, 0.3) is 0 Å². The quantitative estimate of drug-likeness (QED) is 0.170. The van der Waals surface area contributed by atoms with E-state index in [4.69, 9.17) is 4.74 Å². The Bertz CT molecular complexity index is 1070. The Hall–Kier alpha value is -2.93. The van der Waals surface area contributed by atoms with Gasteiger partial charge in [-0.3, -0.25) is 0 Å². The van der Waals surface area contributed by atoms with Crippen LogP contribution in [0, 0.1) is 22.7 Å². The van der Waals surface area contributed by atoms with E-state index < -0.39 is 0 Å². The largest absolute Gasteiger partial charge is 0.462 e. The molecular weight excluding hydrogens is 400 g/mol. The third-order valence-electron chi connectivity index (χ3n) is 4.21. The Morgan fingerprint density at radius 2 is 1.86 bits per heavy atom. The number of rotatable bonds is 6. The van der Waals surface area contributed by atoms with Gasteiger partial charge in [-0.1, -0.05) is 42.6 Å². The highest BCUT2D eigenvalue weighted by molar-refractivity contribution is 8.00. The highest BCUT2D eigenvalue weighted by Crippen LogP contribution is 2.47. The summed E-state index contributed by atoms with van der Waals surface area (Å²) in [5.74, 6) is 0.456. The summed E-state index contributed by atoms with van der Waals surface area (Å²) in [7, 11) is 0. The van der Waals surface area contributed by atoms with Crippen molar-refractivity contribution >= 4 is 35.1 Å². The smallest absolute Gasteiger partial charge is 0.333 e. The van der Waals surface area contributed by atoms with Gasteiger partial charge in [-0.25, -0.2) is 4.79 Å². The van der Waals surface area contributed by atoms with Gasteiger partial charge < -0.3 is 4.74 Å². The number of hydrogen-bond donors (Lipinski definition) is 0. The number of carbonyl (C=O) groups is 1. The van der Waals surface area contributed by atoms with E-state index in [1.807, 2.05) is 48.5 Å². The molecule has 0 saturated carbocycles. The van der Waals surface area contributed by atoms with Crippen LogP contribution in [0.4, 0.5) is 0 Å². The molecule has 1 aliphatic rings. The zero-order valence-corrected chi connectivity index (χ0v) is 17.5. The van der Waals surface area contributed by atoms with Crippen molar-refractivity contribution < 1.29 is 9.53 Å². The lowest BCUT2D eigenvalue weighted by Gasteiger charge is -2.22. The van der Waals surface area contributed by atoms with Crippen LogP contribution in [-0.2, 0) is 9.53 Å². The SMILES string of the molecule is C=C(C)C(=O)OCCCSc1ccc2c(c1)Sc1ccccc1C2=C(C#N)C#N. The molecule has 0 amide bonds. The predicted molar refractivity (Wildman–Crippen MR) is 115 cm³/mol. The second-order valence-corrected chi connectivity index (χ2v) is 8.60. The zero-order valence-electron chi connectivity index (χ0n) is 15.9. The first-order valence-electron chi connectivity index (χ1n) is 8.96. The molecular formula is C23H18N2O2S2. The number of fused-ring (bicyclic) bond motifs is 2. The van der Waals surface area contributed by atoms with Crippen LogP contribution in [0.25, 0.3) is 5.57 Å². The number of benzene rings is 2. The van der Waals surface area contributed by atoms with Crippen LogP contribution in [0.1, 0.15) is 24.5 Å². The molecule has 3 rings (SSSR count). The molecule has 2 aromatic carbocycles. The Balaban J connectivity index is 1.77. The fourth-order valence-electron chi connectivity index (χ4n) is 2.85. The first-order valence-corrected chi connectivity index (χ1v) is 10.8. The second-order valence-electron chi connectivity index (χ2n) is 6.35. The van der Waals surface area contributed by atoms with Crippen LogP contribution in [0.2, 0.25) is 0 Å². The third kappa shape index (κ3) is 4.74. The molecule has 0 saturated heterocycles. The van der Waals surface area contributed by atoms with E-state index in [0.29, 0.717) is 17.8 Å². The first kappa shape index (κ1) is 20.8. The average Bonchev–Trinajstić information content (AvgIpc) is 2.73. The normalized spacial score (nSPS) is 11.5. The van der Waals surface area contributed by atoms with Crippen LogP contribution in [0.15, 0.2) is 74.9 Å². The fraction of sp³-hybridized carbons (Fsp3) is 0.174. The summed E-state index contributed by atoms with van der Waals surface area (Å²) in [6.07, 6.45) is 0.745. The number of nitriles is 2. The van der Waals surface area contributed by atoms with Gasteiger partial charge in [-0.05, 0) is 42.7 Å². The summed E-state index contributed by atoms with van der Waals surface area (Å²) in [4.78, 5) is 14.5. The van der Waals surface area contributed by atoms with E-state index in [2.05, 4.69) is 12.6 Å². The summed E-state index contributed by atoms with van der Waals surface area (Å²) in [6.45, 7) is 5.56. The summed E-state index contributed by atoms with van der Waals surface area (Å²) < 4.78 is 5.11. The first-order chi connectivity index (χ1) is 14.0. The molecule has 29 heavy (non-hydrogen) atoms. The van der Waals surface area contributed by atoms with Gasteiger partial charge in [0.15, 0.2) is 0 Å². The Morgan fingerprint density at radius 1 is 1.14 bits per heavy atom. The molecule has 0 N–H and O–H groups in total. The molecule has 2 aromatic rings. The number of ether oxygens (including phenoxy) is 1. The lowest BCUT2D eigenvalue weighted by atomic mass is 9.93. The number of thioether (sulfide) groups is 1. The maximum absolute atomic E-state index is 11.4. The van der Waals surface area contributed by atoms with E-state index in [1.165, 1.54) is 0 Å². The van der Waals surface area contributed by atoms with Crippen LogP contribution >= 0.6 is 23.5 Å². The van der Waals surface area contributed by atoms with E-state index in [9.17, 15) is 15.3 Å². The fourth-order valence-corrected chi connectivity index (χ4v) is 4.92. The van der Waals surface area contributed by atoms with Crippen molar-refractivity contribution in [2.24, 2.45) is 0 Å². The maximum atomic E-state index is 11.4. The van der Waals surface area contributed by atoms with Gasteiger partial charge in [0.2, 0.25) is 0 Å². The van der Waals surface area contributed by atoms with Crippen LogP contribution in [0.5, 0.6) is 0 Å². The Labute approximate surface area is 178 Å². The minimum Gasteiger partial charge on any atom is -0.462 e. The molecule has 0 bridgehead atoms. The van der Waals surface area contributed by atoms with Gasteiger partial charge in [0, 0.05) is 31.6 Å². The van der Waals surface area contributed by atoms with Crippen molar-refractivity contribution in [3.05, 3.63) is 71.3 Å². The van der Waals surface area contributed by atoms with E-state index in [0.717, 1.165) is 38.0 Å². The number of esters is 1. The molecule has 0 radical (unpaired) electrons. The predicted octanol–water partition coefficient (Wildman–Crippen LogP) is 5.60. The van der Waals surface area contributed by atoms with Crippen molar-refractivity contribution in [1.82, 2.24) is 0 Å². The van der Waals surface area contributed by atoms with Crippen molar-refractivity contribution in [2.45, 2.75) is 28.0 Å². The summed E-state index contributed by atoms with van der Waals surface area (Å²) in [5.41, 5.74) is 3.05. The van der Waals surface area contributed by atoms with Gasteiger partial charge >= 0.3 is 5.97 Å². The molecule has 0 spiro atoms. The minimum atomic E-state index is -0.357. The van der Waals surface area contributed by atoms with Gasteiger partial charge in [-0.2, -0.15) is 10.5 Å². The highest BCUT2D eigenvalue weighted by atomic mass is 32.2. The number of hydrogen-bond acceptors (Lipinski definition) is 6. The van der Waals surface area contributed by atoms with E-state index in [-0.39, 0.29) is 11.5 Å². The molecule has 6 heteroatoms. The molecule has 144 valence electrons. The van der Waals surface area contributed by atoms with Gasteiger partial charge in [0.1, 0.15) is 17.7 Å².